The molecular weight excluding hydrogens is 248 g/mol. The van der Waals surface area contributed by atoms with Crippen molar-refractivity contribution in [3.63, 3.8) is 0 Å². The van der Waals surface area contributed by atoms with E-state index in [0.717, 1.165) is 18.4 Å². The Morgan fingerprint density at radius 3 is 2.37 bits per heavy atom. The second kappa shape index (κ2) is 8.40. The number of aliphatic hydroxyl groups excluding tert-OH is 1. The maximum Gasteiger partial charge on any atom is 0.129 e. The van der Waals surface area contributed by atoms with Gasteiger partial charge in [0.1, 0.15) is 14.2 Å². The van der Waals surface area contributed by atoms with Crippen molar-refractivity contribution >= 4 is 8.07 Å². The average molecular weight is 279 g/mol. The van der Waals surface area contributed by atoms with Crippen molar-refractivity contribution in [1.82, 2.24) is 0 Å². The van der Waals surface area contributed by atoms with E-state index in [2.05, 4.69) is 64.5 Å². The SMILES string of the molecule is C=C(C[C@H](O)C#C[Si](C)(C)C)[C@H](C)CCC=C(C)C. The van der Waals surface area contributed by atoms with Gasteiger partial charge < -0.3 is 5.11 Å². The van der Waals surface area contributed by atoms with Gasteiger partial charge >= 0.3 is 0 Å². The van der Waals surface area contributed by atoms with Crippen LogP contribution in [-0.4, -0.2) is 19.3 Å². The van der Waals surface area contributed by atoms with E-state index in [-0.39, 0.29) is 0 Å². The van der Waals surface area contributed by atoms with Crippen molar-refractivity contribution in [1.29, 1.82) is 0 Å². The molecule has 0 saturated heterocycles. The fraction of sp³-hybridized carbons (Fsp3) is 0.647. The van der Waals surface area contributed by atoms with E-state index in [1.807, 2.05) is 0 Å². The number of hydrogen-bond donors (Lipinski definition) is 1. The summed E-state index contributed by atoms with van der Waals surface area (Å²) in [5, 5.41) is 9.92. The number of aliphatic hydroxyl groups is 1. The van der Waals surface area contributed by atoms with E-state index in [4.69, 9.17) is 0 Å². The van der Waals surface area contributed by atoms with Crippen LogP contribution in [0, 0.1) is 17.4 Å². The molecule has 19 heavy (non-hydrogen) atoms. The Bertz CT molecular complexity index is 372. The van der Waals surface area contributed by atoms with E-state index >= 15 is 0 Å². The third kappa shape index (κ3) is 10.8. The zero-order chi connectivity index (χ0) is 15.1. The Kier molecular flexibility index (Phi) is 8.05. The molecule has 0 aromatic rings. The Morgan fingerprint density at radius 2 is 1.89 bits per heavy atom. The van der Waals surface area contributed by atoms with Crippen LogP contribution < -0.4 is 0 Å². The van der Waals surface area contributed by atoms with E-state index in [9.17, 15) is 5.11 Å². The first-order valence-corrected chi connectivity index (χ1v) is 10.6. The summed E-state index contributed by atoms with van der Waals surface area (Å²) in [4.78, 5) is 0. The zero-order valence-corrected chi connectivity index (χ0v) is 14.5. The van der Waals surface area contributed by atoms with Gasteiger partial charge in [0.15, 0.2) is 0 Å². The molecule has 0 rings (SSSR count). The fourth-order valence-electron chi connectivity index (χ4n) is 1.63. The van der Waals surface area contributed by atoms with Crippen molar-refractivity contribution in [3.8, 4) is 11.5 Å². The Hall–Kier alpha value is -0.783. The number of rotatable bonds is 6. The largest absolute Gasteiger partial charge is 0.380 e. The molecule has 0 radical (unpaired) electrons. The molecule has 0 aliphatic rings. The van der Waals surface area contributed by atoms with Gasteiger partial charge in [0.25, 0.3) is 0 Å². The van der Waals surface area contributed by atoms with E-state index in [0.29, 0.717) is 12.3 Å². The van der Waals surface area contributed by atoms with Crippen LogP contribution in [0.2, 0.25) is 19.6 Å². The zero-order valence-electron chi connectivity index (χ0n) is 13.5. The molecule has 2 heteroatoms. The maximum absolute atomic E-state index is 9.92. The summed E-state index contributed by atoms with van der Waals surface area (Å²) in [6.45, 7) is 17.1. The van der Waals surface area contributed by atoms with Crippen LogP contribution in [0.15, 0.2) is 23.8 Å². The predicted molar refractivity (Wildman–Crippen MR) is 88.7 cm³/mol. The molecule has 108 valence electrons. The molecule has 0 aromatic heterocycles. The summed E-state index contributed by atoms with van der Waals surface area (Å²) in [5.41, 5.74) is 5.68. The van der Waals surface area contributed by atoms with E-state index in [1.54, 1.807) is 0 Å². The molecule has 0 aliphatic carbocycles. The summed E-state index contributed by atoms with van der Waals surface area (Å²) in [7, 11) is -1.39. The highest BCUT2D eigenvalue weighted by Gasteiger charge is 2.12. The lowest BCUT2D eigenvalue weighted by Crippen LogP contribution is -2.18. The second-order valence-corrected chi connectivity index (χ2v) is 11.4. The molecule has 0 saturated carbocycles. The quantitative estimate of drug-likeness (QED) is 0.429. The van der Waals surface area contributed by atoms with Crippen LogP contribution in [0.25, 0.3) is 0 Å². The Balaban J connectivity index is 4.21. The molecule has 1 nitrogen and oxygen atoms in total. The van der Waals surface area contributed by atoms with Gasteiger partial charge in [-0.1, -0.05) is 56.3 Å². The second-order valence-electron chi connectivity index (χ2n) is 6.66. The molecule has 0 heterocycles. The van der Waals surface area contributed by atoms with Gasteiger partial charge in [0.2, 0.25) is 0 Å². The van der Waals surface area contributed by atoms with Gasteiger partial charge in [-0.2, -0.15) is 0 Å². The van der Waals surface area contributed by atoms with E-state index < -0.39 is 14.2 Å². The van der Waals surface area contributed by atoms with Gasteiger partial charge in [-0.15, -0.1) is 5.54 Å². The first-order valence-electron chi connectivity index (χ1n) is 7.13. The van der Waals surface area contributed by atoms with Crippen molar-refractivity contribution in [2.45, 2.75) is 65.8 Å². The Morgan fingerprint density at radius 1 is 1.32 bits per heavy atom. The smallest absolute Gasteiger partial charge is 0.129 e. The monoisotopic (exact) mass is 278 g/mol. The van der Waals surface area contributed by atoms with Crippen LogP contribution in [0.4, 0.5) is 0 Å². The first-order chi connectivity index (χ1) is 8.61. The lowest BCUT2D eigenvalue weighted by molar-refractivity contribution is 0.229. The van der Waals surface area contributed by atoms with Gasteiger partial charge in [0, 0.05) is 6.42 Å². The van der Waals surface area contributed by atoms with Crippen molar-refractivity contribution < 1.29 is 5.11 Å². The van der Waals surface area contributed by atoms with Crippen molar-refractivity contribution in [2.24, 2.45) is 5.92 Å². The number of hydrogen-bond acceptors (Lipinski definition) is 1. The fourth-order valence-corrected chi connectivity index (χ4v) is 2.23. The highest BCUT2D eigenvalue weighted by atomic mass is 28.3. The summed E-state index contributed by atoms with van der Waals surface area (Å²) >= 11 is 0. The minimum atomic E-state index is -1.39. The normalized spacial score (nSPS) is 14.1. The topological polar surface area (TPSA) is 20.2 Å². The average Bonchev–Trinajstić information content (AvgIpc) is 2.24. The highest BCUT2D eigenvalue weighted by molar-refractivity contribution is 6.83. The molecule has 0 bridgehead atoms. The molecule has 2 atom stereocenters. The van der Waals surface area contributed by atoms with Crippen LogP contribution in [0.3, 0.4) is 0 Å². The van der Waals surface area contributed by atoms with Gasteiger partial charge in [-0.05, 0) is 32.6 Å². The molecule has 0 aromatic carbocycles. The first kappa shape index (κ1) is 18.2. The molecule has 0 fully saturated rings. The maximum atomic E-state index is 9.92. The summed E-state index contributed by atoms with van der Waals surface area (Å²) in [5.74, 6) is 3.42. The summed E-state index contributed by atoms with van der Waals surface area (Å²) in [6.07, 6.45) is 4.49. The van der Waals surface area contributed by atoms with Crippen LogP contribution in [-0.2, 0) is 0 Å². The third-order valence-corrected chi connectivity index (χ3v) is 3.81. The lowest BCUT2D eigenvalue weighted by Gasteiger charge is -2.15. The Labute approximate surface area is 120 Å². The molecular formula is C17H30OSi. The van der Waals surface area contributed by atoms with Gasteiger partial charge in [0.05, 0.1) is 0 Å². The highest BCUT2D eigenvalue weighted by Crippen LogP contribution is 2.20. The summed E-state index contributed by atoms with van der Waals surface area (Å²) in [6, 6.07) is 0. The standard InChI is InChI=1S/C17H30OSi/c1-14(2)9-8-10-15(3)16(4)13-17(18)11-12-19(5,6)7/h9,15,17-18H,4,8,10,13H2,1-3,5-7H3/t15-,17-/m1/s1. The molecule has 0 aliphatic heterocycles. The van der Waals surface area contributed by atoms with E-state index in [1.165, 1.54) is 5.57 Å². The van der Waals surface area contributed by atoms with Crippen LogP contribution in [0.5, 0.6) is 0 Å². The number of allylic oxidation sites excluding steroid dienone is 2. The minimum Gasteiger partial charge on any atom is -0.380 e. The van der Waals surface area contributed by atoms with Crippen molar-refractivity contribution in [3.05, 3.63) is 23.8 Å². The predicted octanol–water partition coefficient (Wildman–Crippen LogP) is 4.56. The van der Waals surface area contributed by atoms with Crippen molar-refractivity contribution in [2.75, 3.05) is 0 Å². The lowest BCUT2D eigenvalue weighted by atomic mass is 9.93. The third-order valence-electron chi connectivity index (χ3n) is 2.92. The van der Waals surface area contributed by atoms with Gasteiger partial charge in [-0.3, -0.25) is 0 Å². The minimum absolute atomic E-state index is 0.443. The molecule has 0 amide bonds. The molecule has 0 spiro atoms. The van der Waals surface area contributed by atoms with Crippen LogP contribution in [0.1, 0.15) is 40.0 Å². The molecule has 1 N–H and O–H groups in total. The molecule has 0 unspecified atom stereocenters. The van der Waals surface area contributed by atoms with Gasteiger partial charge in [-0.25, -0.2) is 0 Å². The van der Waals surface area contributed by atoms with Crippen LogP contribution >= 0.6 is 0 Å². The summed E-state index contributed by atoms with van der Waals surface area (Å²) < 4.78 is 0.